The molecule has 1 aromatic heterocycles. The maximum atomic E-state index is 13.8. The summed E-state index contributed by atoms with van der Waals surface area (Å²) < 4.78 is 54.2. The summed E-state index contributed by atoms with van der Waals surface area (Å²) in [6, 6.07) is 3.78. The smallest absolute Gasteiger partial charge is 0.251 e. The highest BCUT2D eigenvalue weighted by Crippen LogP contribution is 2.26. The number of halogens is 3. The van der Waals surface area contributed by atoms with Crippen molar-refractivity contribution in [2.45, 2.75) is 25.3 Å². The van der Waals surface area contributed by atoms with Crippen LogP contribution in [0, 0.1) is 11.6 Å². The maximum Gasteiger partial charge on any atom is 0.251 e. The van der Waals surface area contributed by atoms with Crippen molar-refractivity contribution >= 4 is 37.5 Å². The molecule has 0 fully saturated rings. The van der Waals surface area contributed by atoms with Gasteiger partial charge in [0.05, 0.1) is 10.6 Å². The minimum Gasteiger partial charge on any atom is -0.321 e. The molecule has 0 saturated carbocycles. The lowest BCUT2D eigenvalue weighted by atomic mass is 10.3. The second-order valence-electron chi connectivity index (χ2n) is 5.71. The Balaban J connectivity index is 2.30. The Morgan fingerprint density at radius 3 is 2.43 bits per heavy atom. The Labute approximate surface area is 169 Å². The zero-order valence-corrected chi connectivity index (χ0v) is 17.5. The molecule has 11 heteroatoms. The number of rotatable bonds is 7. The number of sulfonamides is 1. The lowest BCUT2D eigenvalue weighted by Gasteiger charge is -2.19. The highest BCUT2D eigenvalue weighted by molar-refractivity contribution is 9.10. The molecule has 0 bridgehead atoms. The molecule has 1 heterocycles. The van der Waals surface area contributed by atoms with Crippen LogP contribution in [0.5, 0.6) is 0 Å². The maximum absolute atomic E-state index is 13.8. The first-order valence-corrected chi connectivity index (χ1v) is 10.5. The Morgan fingerprint density at radius 2 is 1.86 bits per heavy atom. The molecule has 0 atom stereocenters. The average molecular weight is 478 g/mol. The topological polar surface area (TPSA) is 88.5 Å². The standard InChI is InChI=1S/C17H18BrF2N3O4S/c1-3-23(4-2)28(26,27)12-5-6-16(25)22(9-12)10-15(24)21-17-13(18)7-11(19)8-14(17)20/h5-9H,3-4,10H2,1-2H3,(H,21,24). The minimum absolute atomic E-state index is 0.0106. The summed E-state index contributed by atoms with van der Waals surface area (Å²) in [5.74, 6) is -2.61. The van der Waals surface area contributed by atoms with Crippen LogP contribution in [-0.4, -0.2) is 36.3 Å². The predicted molar refractivity (Wildman–Crippen MR) is 103 cm³/mol. The number of carbonyl (C=O) groups excluding carboxylic acids is 1. The second kappa shape index (κ2) is 8.93. The number of amides is 1. The van der Waals surface area contributed by atoms with E-state index in [0.29, 0.717) is 6.07 Å². The summed E-state index contributed by atoms with van der Waals surface area (Å²) in [5, 5.41) is 2.24. The number of carbonyl (C=O) groups is 1. The molecule has 2 rings (SSSR count). The fourth-order valence-corrected chi connectivity index (χ4v) is 4.48. The van der Waals surface area contributed by atoms with Crippen molar-refractivity contribution in [2.75, 3.05) is 18.4 Å². The Kier molecular flexibility index (Phi) is 7.07. The van der Waals surface area contributed by atoms with E-state index < -0.39 is 39.7 Å². The number of aromatic nitrogens is 1. The predicted octanol–water partition coefficient (Wildman–Crippen LogP) is 2.56. The van der Waals surface area contributed by atoms with E-state index in [1.54, 1.807) is 13.8 Å². The molecule has 152 valence electrons. The summed E-state index contributed by atoms with van der Waals surface area (Å²) in [6.07, 6.45) is 1.06. The van der Waals surface area contributed by atoms with Gasteiger partial charge in [0.15, 0.2) is 5.82 Å². The van der Waals surface area contributed by atoms with Gasteiger partial charge < -0.3 is 9.88 Å². The third kappa shape index (κ3) is 4.83. The molecule has 1 aromatic carbocycles. The highest BCUT2D eigenvalue weighted by Gasteiger charge is 2.23. The van der Waals surface area contributed by atoms with Gasteiger partial charge in [0.1, 0.15) is 12.4 Å². The van der Waals surface area contributed by atoms with E-state index in [1.165, 1.54) is 10.4 Å². The number of hydrogen-bond donors (Lipinski definition) is 1. The average Bonchev–Trinajstić information content (AvgIpc) is 2.60. The van der Waals surface area contributed by atoms with E-state index in [-0.39, 0.29) is 28.1 Å². The van der Waals surface area contributed by atoms with E-state index in [2.05, 4.69) is 21.2 Å². The van der Waals surface area contributed by atoms with Gasteiger partial charge in [0.25, 0.3) is 5.56 Å². The van der Waals surface area contributed by atoms with Crippen LogP contribution in [0.15, 0.2) is 44.6 Å². The third-order valence-electron chi connectivity index (χ3n) is 3.88. The van der Waals surface area contributed by atoms with Crippen LogP contribution in [0.25, 0.3) is 0 Å². The van der Waals surface area contributed by atoms with Crippen molar-refractivity contribution in [3.8, 4) is 0 Å². The Bertz CT molecular complexity index is 1030. The van der Waals surface area contributed by atoms with Gasteiger partial charge in [-0.2, -0.15) is 4.31 Å². The molecule has 1 N–H and O–H groups in total. The number of nitrogens with one attached hydrogen (secondary N) is 1. The molecule has 0 aliphatic rings. The number of nitrogens with zero attached hydrogens (tertiary/aromatic N) is 2. The quantitative estimate of drug-likeness (QED) is 0.663. The van der Waals surface area contributed by atoms with Gasteiger partial charge in [-0.05, 0) is 28.1 Å². The first kappa shape index (κ1) is 22.2. The largest absolute Gasteiger partial charge is 0.321 e. The van der Waals surface area contributed by atoms with E-state index in [0.717, 1.165) is 22.9 Å². The number of pyridine rings is 1. The van der Waals surface area contributed by atoms with Crippen LogP contribution in [0.4, 0.5) is 14.5 Å². The summed E-state index contributed by atoms with van der Waals surface area (Å²) in [5.41, 5.74) is -0.890. The van der Waals surface area contributed by atoms with Crippen molar-refractivity contribution in [1.82, 2.24) is 8.87 Å². The van der Waals surface area contributed by atoms with Crippen molar-refractivity contribution in [3.63, 3.8) is 0 Å². The van der Waals surface area contributed by atoms with Crippen molar-refractivity contribution < 1.29 is 22.0 Å². The summed E-state index contributed by atoms with van der Waals surface area (Å²) >= 11 is 2.95. The SMILES string of the molecule is CCN(CC)S(=O)(=O)c1ccc(=O)n(CC(=O)Nc2c(F)cc(F)cc2Br)c1. The van der Waals surface area contributed by atoms with Gasteiger partial charge in [-0.15, -0.1) is 0 Å². The number of benzene rings is 1. The minimum atomic E-state index is -3.82. The van der Waals surface area contributed by atoms with Gasteiger partial charge in [-0.1, -0.05) is 13.8 Å². The second-order valence-corrected chi connectivity index (χ2v) is 8.51. The van der Waals surface area contributed by atoms with Crippen LogP contribution in [0.3, 0.4) is 0 Å². The van der Waals surface area contributed by atoms with E-state index in [4.69, 9.17) is 0 Å². The summed E-state index contributed by atoms with van der Waals surface area (Å²) in [7, 11) is -3.82. The number of hydrogen-bond acceptors (Lipinski definition) is 4. The van der Waals surface area contributed by atoms with Gasteiger partial charge >= 0.3 is 0 Å². The lowest BCUT2D eigenvalue weighted by molar-refractivity contribution is -0.116. The van der Waals surface area contributed by atoms with E-state index in [9.17, 15) is 26.8 Å². The van der Waals surface area contributed by atoms with Gasteiger partial charge in [-0.3, -0.25) is 9.59 Å². The molecule has 0 saturated heterocycles. The van der Waals surface area contributed by atoms with Gasteiger partial charge in [0.2, 0.25) is 15.9 Å². The van der Waals surface area contributed by atoms with Gasteiger partial charge in [-0.25, -0.2) is 17.2 Å². The van der Waals surface area contributed by atoms with E-state index >= 15 is 0 Å². The molecule has 0 aliphatic heterocycles. The van der Waals surface area contributed by atoms with Crippen LogP contribution in [-0.2, 0) is 21.4 Å². The van der Waals surface area contributed by atoms with Crippen LogP contribution in [0.2, 0.25) is 0 Å². The molecule has 0 unspecified atom stereocenters. The molecule has 7 nitrogen and oxygen atoms in total. The monoisotopic (exact) mass is 477 g/mol. The first-order chi connectivity index (χ1) is 13.1. The Hall–Kier alpha value is -2.11. The molecule has 2 aromatic rings. The van der Waals surface area contributed by atoms with Crippen LogP contribution < -0.4 is 10.9 Å². The molecular formula is C17H18BrF2N3O4S. The van der Waals surface area contributed by atoms with Gasteiger partial charge in [0, 0.05) is 35.9 Å². The normalized spacial score (nSPS) is 11.6. The molecule has 0 spiro atoms. The Morgan fingerprint density at radius 1 is 1.21 bits per heavy atom. The highest BCUT2D eigenvalue weighted by atomic mass is 79.9. The van der Waals surface area contributed by atoms with Crippen molar-refractivity contribution in [1.29, 1.82) is 0 Å². The molecule has 0 aliphatic carbocycles. The molecule has 28 heavy (non-hydrogen) atoms. The summed E-state index contributed by atoms with van der Waals surface area (Å²) in [6.45, 7) is 3.30. The first-order valence-electron chi connectivity index (χ1n) is 8.25. The molecule has 1 amide bonds. The van der Waals surface area contributed by atoms with Crippen molar-refractivity contribution in [2.24, 2.45) is 0 Å². The lowest BCUT2D eigenvalue weighted by Crippen LogP contribution is -2.33. The third-order valence-corrected chi connectivity index (χ3v) is 6.54. The van der Waals surface area contributed by atoms with Crippen LogP contribution >= 0.6 is 15.9 Å². The van der Waals surface area contributed by atoms with E-state index in [1.807, 2.05) is 0 Å². The fourth-order valence-electron chi connectivity index (χ4n) is 2.49. The molecule has 0 radical (unpaired) electrons. The molecular weight excluding hydrogens is 460 g/mol. The van der Waals surface area contributed by atoms with Crippen molar-refractivity contribution in [3.05, 3.63) is 56.9 Å². The fraction of sp³-hybridized carbons (Fsp3) is 0.294. The zero-order chi connectivity index (χ0) is 21.1. The summed E-state index contributed by atoms with van der Waals surface area (Å²) in [4.78, 5) is 24.1. The van der Waals surface area contributed by atoms with Crippen LogP contribution in [0.1, 0.15) is 13.8 Å². The zero-order valence-electron chi connectivity index (χ0n) is 15.1. The number of anilines is 1.